The fraction of sp³-hybridized carbons (Fsp3) is 0.636. The molecule has 16 heavy (non-hydrogen) atoms. The van der Waals surface area contributed by atoms with Crippen LogP contribution in [-0.4, -0.2) is 17.5 Å². The van der Waals surface area contributed by atoms with Gasteiger partial charge in [-0.1, -0.05) is 22.9 Å². The molecule has 0 spiro atoms. The smallest absolute Gasteiger partial charge is 0.356 e. The van der Waals surface area contributed by atoms with Crippen molar-refractivity contribution < 1.29 is 14.3 Å². The molecule has 0 fully saturated rings. The van der Waals surface area contributed by atoms with Crippen LogP contribution in [0.25, 0.3) is 0 Å². The molecule has 0 rings (SSSR count). The van der Waals surface area contributed by atoms with E-state index >= 15 is 0 Å². The number of halogens is 1. The minimum atomic E-state index is -0.582. The highest BCUT2D eigenvalue weighted by atomic mass is 79.9. The van der Waals surface area contributed by atoms with E-state index in [2.05, 4.69) is 21.2 Å². The molecule has 5 heteroatoms. The van der Waals surface area contributed by atoms with Crippen molar-refractivity contribution in [3.05, 3.63) is 10.2 Å². The molecule has 0 aliphatic rings. The molecule has 0 aliphatic carbocycles. The van der Waals surface area contributed by atoms with E-state index in [4.69, 9.17) is 4.74 Å². The summed E-state index contributed by atoms with van der Waals surface area (Å²) in [6, 6.07) is 0. The number of carbonyl (C=O) groups is 2. The molecule has 92 valence electrons. The Hall–Kier alpha value is -0.840. The Morgan fingerprint density at radius 2 is 1.81 bits per heavy atom. The Morgan fingerprint density at radius 1 is 1.31 bits per heavy atom. The van der Waals surface area contributed by atoms with Gasteiger partial charge in [0, 0.05) is 11.4 Å². The number of carbonyl (C=O) groups excluding carboxylic acids is 2. The lowest BCUT2D eigenvalue weighted by Crippen LogP contribution is -2.32. The first-order valence-corrected chi connectivity index (χ1v) is 5.86. The van der Waals surface area contributed by atoms with Crippen LogP contribution in [0.1, 0.15) is 41.0 Å². The number of nitrogens with one attached hydrogen (secondary N) is 1. The van der Waals surface area contributed by atoms with Crippen LogP contribution >= 0.6 is 15.9 Å². The van der Waals surface area contributed by atoms with Crippen molar-refractivity contribution in [2.24, 2.45) is 0 Å². The van der Waals surface area contributed by atoms with Gasteiger partial charge in [-0.15, -0.1) is 0 Å². The van der Waals surface area contributed by atoms with Crippen LogP contribution in [0.4, 0.5) is 0 Å². The van der Waals surface area contributed by atoms with E-state index in [1.54, 1.807) is 20.8 Å². The highest BCUT2D eigenvalue weighted by molar-refractivity contribution is 9.11. The van der Waals surface area contributed by atoms with Gasteiger partial charge >= 0.3 is 5.97 Å². The maximum atomic E-state index is 11.8. The first-order valence-electron chi connectivity index (χ1n) is 5.07. The Kier molecular flexibility index (Phi) is 5.72. The molecule has 0 radical (unpaired) electrons. The standard InChI is InChI=1S/C11H18BrNO3/c1-6-8(12)9(13-7(2)14)10(15)16-11(3,4)5/h6H2,1-5H3,(H,13,14)/b9-8-. The van der Waals surface area contributed by atoms with Crippen molar-refractivity contribution in [3.63, 3.8) is 0 Å². The summed E-state index contributed by atoms with van der Waals surface area (Å²) in [7, 11) is 0. The Balaban J connectivity index is 4.93. The van der Waals surface area contributed by atoms with Gasteiger partial charge in [0.1, 0.15) is 11.3 Å². The number of amides is 1. The van der Waals surface area contributed by atoms with E-state index in [-0.39, 0.29) is 11.6 Å². The molecule has 0 unspecified atom stereocenters. The predicted octanol–water partition coefficient (Wildman–Crippen LogP) is 2.48. The molecular formula is C11H18BrNO3. The van der Waals surface area contributed by atoms with Crippen molar-refractivity contribution in [3.8, 4) is 0 Å². The summed E-state index contributed by atoms with van der Waals surface area (Å²) >= 11 is 3.24. The fourth-order valence-electron chi connectivity index (χ4n) is 0.912. The van der Waals surface area contributed by atoms with Gasteiger partial charge in [-0.3, -0.25) is 4.79 Å². The van der Waals surface area contributed by atoms with Crippen LogP contribution < -0.4 is 5.32 Å². The van der Waals surface area contributed by atoms with Gasteiger partial charge in [0.2, 0.25) is 5.91 Å². The molecule has 0 aliphatic heterocycles. The number of esters is 1. The zero-order valence-electron chi connectivity index (χ0n) is 10.3. The highest BCUT2D eigenvalue weighted by Crippen LogP contribution is 2.18. The lowest BCUT2D eigenvalue weighted by molar-refractivity contribution is -0.151. The third-order valence-electron chi connectivity index (χ3n) is 1.49. The van der Waals surface area contributed by atoms with Crippen molar-refractivity contribution in [2.75, 3.05) is 0 Å². The summed E-state index contributed by atoms with van der Waals surface area (Å²) in [5.74, 6) is -0.831. The molecule has 0 atom stereocenters. The van der Waals surface area contributed by atoms with Gasteiger partial charge in [0.25, 0.3) is 0 Å². The molecule has 1 amide bonds. The third kappa shape index (κ3) is 5.90. The van der Waals surface area contributed by atoms with Crippen LogP contribution in [0.3, 0.4) is 0 Å². The number of hydrogen-bond acceptors (Lipinski definition) is 3. The minimum Gasteiger partial charge on any atom is -0.455 e. The first-order chi connectivity index (χ1) is 7.17. The summed E-state index contributed by atoms with van der Waals surface area (Å²) in [5, 5.41) is 2.47. The van der Waals surface area contributed by atoms with Crippen molar-refractivity contribution in [1.82, 2.24) is 5.32 Å². The molecule has 0 aromatic heterocycles. The zero-order valence-corrected chi connectivity index (χ0v) is 11.9. The van der Waals surface area contributed by atoms with Crippen molar-refractivity contribution in [1.29, 1.82) is 0 Å². The Labute approximate surface area is 105 Å². The average molecular weight is 292 g/mol. The monoisotopic (exact) mass is 291 g/mol. The molecule has 1 N–H and O–H groups in total. The van der Waals surface area contributed by atoms with Gasteiger partial charge in [0.15, 0.2) is 0 Å². The van der Waals surface area contributed by atoms with Crippen LogP contribution in [-0.2, 0) is 14.3 Å². The summed E-state index contributed by atoms with van der Waals surface area (Å²) in [6.07, 6.45) is 0.606. The van der Waals surface area contributed by atoms with Crippen LogP contribution in [0.2, 0.25) is 0 Å². The third-order valence-corrected chi connectivity index (χ3v) is 2.44. The van der Waals surface area contributed by atoms with Gasteiger partial charge in [-0.05, 0) is 27.2 Å². The number of allylic oxidation sites excluding steroid dienone is 1. The molecular weight excluding hydrogens is 274 g/mol. The maximum Gasteiger partial charge on any atom is 0.356 e. The zero-order chi connectivity index (χ0) is 12.9. The number of rotatable bonds is 3. The molecule has 4 nitrogen and oxygen atoms in total. The topological polar surface area (TPSA) is 55.4 Å². The van der Waals surface area contributed by atoms with Crippen LogP contribution in [0, 0.1) is 0 Å². The summed E-state index contributed by atoms with van der Waals surface area (Å²) in [5.41, 5.74) is -0.410. The van der Waals surface area contributed by atoms with Gasteiger partial charge in [0.05, 0.1) is 0 Å². The molecule has 0 heterocycles. The normalized spacial score (nSPS) is 12.9. The highest BCUT2D eigenvalue weighted by Gasteiger charge is 2.22. The second-order valence-electron chi connectivity index (χ2n) is 4.32. The van der Waals surface area contributed by atoms with E-state index in [1.807, 2.05) is 6.92 Å². The number of ether oxygens (including phenoxy) is 1. The largest absolute Gasteiger partial charge is 0.455 e. The number of hydrogen-bond donors (Lipinski definition) is 1. The summed E-state index contributed by atoms with van der Waals surface area (Å²) in [4.78, 5) is 22.7. The Morgan fingerprint density at radius 3 is 2.12 bits per heavy atom. The van der Waals surface area contributed by atoms with E-state index in [9.17, 15) is 9.59 Å². The molecule has 0 bridgehead atoms. The minimum absolute atomic E-state index is 0.171. The van der Waals surface area contributed by atoms with E-state index < -0.39 is 11.6 Å². The molecule has 0 saturated carbocycles. The van der Waals surface area contributed by atoms with E-state index in [1.165, 1.54) is 6.92 Å². The summed E-state index contributed by atoms with van der Waals surface area (Å²) < 4.78 is 5.80. The Bertz CT molecular complexity index is 316. The second-order valence-corrected chi connectivity index (χ2v) is 5.27. The van der Waals surface area contributed by atoms with Gasteiger partial charge < -0.3 is 10.1 Å². The quantitative estimate of drug-likeness (QED) is 0.642. The molecule has 0 aromatic rings. The lowest BCUT2D eigenvalue weighted by Gasteiger charge is -2.21. The van der Waals surface area contributed by atoms with E-state index in [0.29, 0.717) is 10.9 Å². The van der Waals surface area contributed by atoms with Crippen LogP contribution in [0.5, 0.6) is 0 Å². The van der Waals surface area contributed by atoms with Crippen LogP contribution in [0.15, 0.2) is 10.2 Å². The maximum absolute atomic E-state index is 11.8. The van der Waals surface area contributed by atoms with Gasteiger partial charge in [-0.25, -0.2) is 4.79 Å². The average Bonchev–Trinajstić information content (AvgIpc) is 2.09. The lowest BCUT2D eigenvalue weighted by atomic mass is 10.2. The SMILES string of the molecule is CC/C(Br)=C(/NC(C)=O)C(=O)OC(C)(C)C. The van der Waals surface area contributed by atoms with Crippen molar-refractivity contribution in [2.45, 2.75) is 46.6 Å². The molecule has 0 saturated heterocycles. The van der Waals surface area contributed by atoms with Gasteiger partial charge in [-0.2, -0.15) is 0 Å². The first kappa shape index (κ1) is 15.2. The second kappa shape index (κ2) is 6.03. The van der Waals surface area contributed by atoms with E-state index in [0.717, 1.165) is 0 Å². The molecule has 0 aromatic carbocycles. The predicted molar refractivity (Wildman–Crippen MR) is 65.9 cm³/mol. The van der Waals surface area contributed by atoms with Crippen molar-refractivity contribution >= 4 is 27.8 Å². The fourth-order valence-corrected chi connectivity index (χ4v) is 1.17. The summed E-state index contributed by atoms with van der Waals surface area (Å²) in [6.45, 7) is 8.54.